The number of halogens is 1. The molecule has 4 rings (SSSR count). The lowest BCUT2D eigenvalue weighted by Crippen LogP contribution is -2.29. The van der Waals surface area contributed by atoms with Crippen molar-refractivity contribution >= 4 is 28.1 Å². The summed E-state index contributed by atoms with van der Waals surface area (Å²) in [4.78, 5) is 18.3. The molecule has 150 valence electrons. The Morgan fingerprint density at radius 1 is 1.21 bits per heavy atom. The summed E-state index contributed by atoms with van der Waals surface area (Å²) in [7, 11) is 0. The first-order valence-corrected chi connectivity index (χ1v) is 10.2. The summed E-state index contributed by atoms with van der Waals surface area (Å²) in [5.74, 6) is -0.598. The lowest BCUT2D eigenvalue weighted by molar-refractivity contribution is 0.102. The first kappa shape index (κ1) is 19.4. The molecule has 1 aliphatic rings. The Morgan fingerprint density at radius 3 is 2.76 bits per heavy atom. The summed E-state index contributed by atoms with van der Waals surface area (Å²) in [6.07, 6.45) is 7.88. The van der Waals surface area contributed by atoms with Gasteiger partial charge in [0.2, 0.25) is 0 Å². The molecule has 0 bridgehead atoms. The minimum Gasteiger partial charge on any atom is -0.361 e. The summed E-state index contributed by atoms with van der Waals surface area (Å²) >= 11 is 0. The second-order valence-corrected chi connectivity index (χ2v) is 7.56. The van der Waals surface area contributed by atoms with Crippen molar-refractivity contribution in [2.75, 3.05) is 25.0 Å². The monoisotopic (exact) mass is 391 g/mol. The summed E-state index contributed by atoms with van der Waals surface area (Å²) in [6, 6.07) is 11.4. The van der Waals surface area contributed by atoms with E-state index in [0.29, 0.717) is 5.56 Å². The van der Waals surface area contributed by atoms with E-state index in [0.717, 1.165) is 42.6 Å². The van der Waals surface area contributed by atoms with Crippen LogP contribution >= 0.6 is 0 Å². The number of rotatable bonds is 6. The number of unbranched alkanes of at least 4 members (excludes halogenated alkanes) is 1. The molecule has 0 saturated heterocycles. The van der Waals surface area contributed by atoms with Crippen molar-refractivity contribution in [3.05, 3.63) is 71.7 Å². The third-order valence-corrected chi connectivity index (χ3v) is 5.51. The number of nitrogens with zero attached hydrogens (tertiary/aromatic N) is 1. The summed E-state index contributed by atoms with van der Waals surface area (Å²) in [6.45, 7) is 5.46. The van der Waals surface area contributed by atoms with Gasteiger partial charge in [-0.3, -0.25) is 9.69 Å². The number of H-pyrrole nitrogens is 1. The van der Waals surface area contributed by atoms with Gasteiger partial charge in [0.25, 0.3) is 5.91 Å². The minimum atomic E-state index is -0.353. The number of fused-ring (bicyclic) bond motifs is 1. The predicted octanol–water partition coefficient (Wildman–Crippen LogP) is 5.45. The summed E-state index contributed by atoms with van der Waals surface area (Å²) < 4.78 is 13.1. The largest absolute Gasteiger partial charge is 0.361 e. The van der Waals surface area contributed by atoms with Gasteiger partial charge in [-0.05, 0) is 67.4 Å². The number of hydrogen-bond acceptors (Lipinski definition) is 2. The molecule has 2 aromatic carbocycles. The van der Waals surface area contributed by atoms with E-state index in [9.17, 15) is 9.18 Å². The van der Waals surface area contributed by atoms with E-state index in [2.05, 4.69) is 34.4 Å². The van der Waals surface area contributed by atoms with E-state index < -0.39 is 0 Å². The number of aromatic nitrogens is 1. The van der Waals surface area contributed by atoms with Gasteiger partial charge >= 0.3 is 0 Å². The number of carbonyl (C=O) groups is 1. The van der Waals surface area contributed by atoms with Crippen molar-refractivity contribution in [1.82, 2.24) is 9.88 Å². The van der Waals surface area contributed by atoms with Gasteiger partial charge in [-0.25, -0.2) is 4.39 Å². The SMILES string of the molecule is CCCCN1CC=C(c2c[nH]c3ccc(NC(=O)c4ccc(F)cc4)cc23)CC1. The molecular formula is C24H26FN3O. The van der Waals surface area contributed by atoms with Gasteiger partial charge in [0.05, 0.1) is 0 Å². The third kappa shape index (κ3) is 4.40. The predicted molar refractivity (Wildman–Crippen MR) is 117 cm³/mol. The molecule has 3 aromatic rings. The molecule has 29 heavy (non-hydrogen) atoms. The van der Waals surface area contributed by atoms with Crippen LogP contribution in [0.1, 0.15) is 42.1 Å². The topological polar surface area (TPSA) is 48.1 Å². The van der Waals surface area contributed by atoms with Crippen LogP contribution < -0.4 is 5.32 Å². The maximum atomic E-state index is 13.1. The van der Waals surface area contributed by atoms with Crippen molar-refractivity contribution in [1.29, 1.82) is 0 Å². The standard InChI is InChI=1S/C24H26FN3O/c1-2-3-12-28-13-10-17(11-14-28)22-16-26-23-9-8-20(15-21(22)23)27-24(29)18-4-6-19(25)7-5-18/h4-10,15-16,26H,2-3,11-14H2,1H3,(H,27,29). The second-order valence-electron chi connectivity index (χ2n) is 7.56. The van der Waals surface area contributed by atoms with E-state index in [1.165, 1.54) is 48.2 Å². The highest BCUT2D eigenvalue weighted by Gasteiger charge is 2.16. The molecule has 1 aromatic heterocycles. The molecule has 0 saturated carbocycles. The molecular weight excluding hydrogens is 365 g/mol. The lowest BCUT2D eigenvalue weighted by Gasteiger charge is -2.26. The first-order chi connectivity index (χ1) is 14.1. The third-order valence-electron chi connectivity index (χ3n) is 5.51. The van der Waals surface area contributed by atoms with Gasteiger partial charge in [-0.1, -0.05) is 19.4 Å². The number of hydrogen-bond donors (Lipinski definition) is 2. The van der Waals surface area contributed by atoms with Crippen molar-refractivity contribution in [3.8, 4) is 0 Å². The Bertz CT molecular complexity index is 1040. The Morgan fingerprint density at radius 2 is 2.03 bits per heavy atom. The molecule has 2 N–H and O–H groups in total. The molecule has 0 radical (unpaired) electrons. The zero-order valence-electron chi connectivity index (χ0n) is 16.7. The van der Waals surface area contributed by atoms with Crippen LogP contribution in [-0.4, -0.2) is 35.4 Å². The number of benzene rings is 2. The Hall–Kier alpha value is -2.92. The molecule has 2 heterocycles. The Balaban J connectivity index is 1.53. The number of aromatic amines is 1. The van der Waals surface area contributed by atoms with Crippen LogP contribution in [0.3, 0.4) is 0 Å². The highest BCUT2D eigenvalue weighted by atomic mass is 19.1. The molecule has 0 unspecified atom stereocenters. The van der Waals surface area contributed by atoms with E-state index in [4.69, 9.17) is 0 Å². The fourth-order valence-corrected chi connectivity index (χ4v) is 3.81. The van der Waals surface area contributed by atoms with Crippen LogP contribution in [0.2, 0.25) is 0 Å². The van der Waals surface area contributed by atoms with Gasteiger partial charge in [0.1, 0.15) is 5.82 Å². The zero-order chi connectivity index (χ0) is 20.2. The molecule has 1 amide bonds. The van der Waals surface area contributed by atoms with Crippen LogP contribution in [0.4, 0.5) is 10.1 Å². The molecule has 0 spiro atoms. The van der Waals surface area contributed by atoms with E-state index >= 15 is 0 Å². The fraction of sp³-hybridized carbons (Fsp3) is 0.292. The summed E-state index contributed by atoms with van der Waals surface area (Å²) in [5, 5.41) is 4.02. The van der Waals surface area contributed by atoms with E-state index in [1.807, 2.05) is 18.2 Å². The Labute approximate surface area is 170 Å². The highest BCUT2D eigenvalue weighted by Crippen LogP contribution is 2.31. The van der Waals surface area contributed by atoms with Gasteiger partial charge in [0, 0.05) is 47.0 Å². The van der Waals surface area contributed by atoms with Crippen molar-refractivity contribution in [2.24, 2.45) is 0 Å². The minimum absolute atomic E-state index is 0.245. The van der Waals surface area contributed by atoms with E-state index in [-0.39, 0.29) is 11.7 Å². The molecule has 4 nitrogen and oxygen atoms in total. The quantitative estimate of drug-likeness (QED) is 0.587. The van der Waals surface area contributed by atoms with Crippen molar-refractivity contribution < 1.29 is 9.18 Å². The molecule has 0 aliphatic carbocycles. The molecule has 0 fully saturated rings. The highest BCUT2D eigenvalue weighted by molar-refractivity contribution is 6.05. The number of amides is 1. The normalized spacial score (nSPS) is 14.8. The van der Waals surface area contributed by atoms with Crippen LogP contribution in [0.5, 0.6) is 0 Å². The first-order valence-electron chi connectivity index (χ1n) is 10.2. The van der Waals surface area contributed by atoms with Gasteiger partial charge < -0.3 is 10.3 Å². The summed E-state index contributed by atoms with van der Waals surface area (Å²) in [5.41, 5.74) is 4.77. The van der Waals surface area contributed by atoms with Crippen LogP contribution in [0.15, 0.2) is 54.7 Å². The number of nitrogens with one attached hydrogen (secondary N) is 2. The second kappa shape index (κ2) is 8.62. The zero-order valence-corrected chi connectivity index (χ0v) is 16.7. The average molecular weight is 391 g/mol. The van der Waals surface area contributed by atoms with Gasteiger partial charge in [-0.15, -0.1) is 0 Å². The van der Waals surface area contributed by atoms with Crippen LogP contribution in [0.25, 0.3) is 16.5 Å². The Kier molecular flexibility index (Phi) is 5.76. The number of anilines is 1. The van der Waals surface area contributed by atoms with Crippen LogP contribution in [-0.2, 0) is 0 Å². The van der Waals surface area contributed by atoms with Gasteiger partial charge in [0.15, 0.2) is 0 Å². The van der Waals surface area contributed by atoms with Crippen molar-refractivity contribution in [3.63, 3.8) is 0 Å². The molecule has 5 heteroatoms. The smallest absolute Gasteiger partial charge is 0.255 e. The van der Waals surface area contributed by atoms with Gasteiger partial charge in [-0.2, -0.15) is 0 Å². The van der Waals surface area contributed by atoms with Crippen LogP contribution in [0, 0.1) is 5.82 Å². The van der Waals surface area contributed by atoms with E-state index in [1.54, 1.807) is 0 Å². The lowest BCUT2D eigenvalue weighted by atomic mass is 9.98. The fourth-order valence-electron chi connectivity index (χ4n) is 3.81. The molecule has 0 atom stereocenters. The maximum absolute atomic E-state index is 13.1. The molecule has 1 aliphatic heterocycles. The average Bonchev–Trinajstić information content (AvgIpc) is 3.16. The number of carbonyl (C=O) groups excluding carboxylic acids is 1. The van der Waals surface area contributed by atoms with Crippen molar-refractivity contribution in [2.45, 2.75) is 26.2 Å². The maximum Gasteiger partial charge on any atom is 0.255 e.